The van der Waals surface area contributed by atoms with Gasteiger partial charge in [0.15, 0.2) is 0 Å². The van der Waals surface area contributed by atoms with Crippen LogP contribution in [0.25, 0.3) is 0 Å². The summed E-state index contributed by atoms with van der Waals surface area (Å²) in [6.07, 6.45) is 0. The number of nitrogens with two attached hydrogens (primary N) is 1. The monoisotopic (exact) mass is 266 g/mol. The van der Waals surface area contributed by atoms with Crippen molar-refractivity contribution in [2.75, 3.05) is 5.73 Å². The van der Waals surface area contributed by atoms with Crippen molar-refractivity contribution in [3.8, 4) is 12.1 Å². The van der Waals surface area contributed by atoms with Gasteiger partial charge in [0, 0.05) is 4.90 Å². The molecule has 0 spiro atoms. The van der Waals surface area contributed by atoms with Gasteiger partial charge in [-0.05, 0) is 24.6 Å². The molecule has 0 saturated heterocycles. The summed E-state index contributed by atoms with van der Waals surface area (Å²) < 4.78 is 0. The number of benzene rings is 1. The molecule has 1 aromatic carbocycles. The van der Waals surface area contributed by atoms with Crippen molar-refractivity contribution in [1.29, 1.82) is 10.5 Å². The Morgan fingerprint density at radius 3 is 2.32 bits per heavy atom. The van der Waals surface area contributed by atoms with E-state index in [1.165, 1.54) is 11.8 Å². The molecule has 0 aliphatic carbocycles. The summed E-state index contributed by atoms with van der Waals surface area (Å²) in [6, 6.07) is 13.7. The van der Waals surface area contributed by atoms with Crippen molar-refractivity contribution < 1.29 is 0 Å². The van der Waals surface area contributed by atoms with Gasteiger partial charge in [0.25, 0.3) is 0 Å². The maximum absolute atomic E-state index is 9.23. The SMILES string of the molecule is Cc1c(C#N)c(N)nc(Sc2ccccc2)c1C#N. The molecular formula is C14H10N4S. The first-order valence-corrected chi connectivity index (χ1v) is 6.32. The summed E-state index contributed by atoms with van der Waals surface area (Å²) in [6.45, 7) is 1.71. The summed E-state index contributed by atoms with van der Waals surface area (Å²) in [7, 11) is 0. The van der Waals surface area contributed by atoms with Crippen LogP contribution in [0, 0.1) is 29.6 Å². The zero-order valence-corrected chi connectivity index (χ0v) is 11.0. The highest BCUT2D eigenvalue weighted by Gasteiger charge is 2.16. The molecule has 92 valence electrons. The fraction of sp³-hybridized carbons (Fsp3) is 0.0714. The predicted molar refractivity (Wildman–Crippen MR) is 73.4 cm³/mol. The molecule has 19 heavy (non-hydrogen) atoms. The molecule has 0 unspecified atom stereocenters. The van der Waals surface area contributed by atoms with Gasteiger partial charge in [-0.1, -0.05) is 30.0 Å². The summed E-state index contributed by atoms with van der Waals surface area (Å²) in [4.78, 5) is 5.13. The number of aromatic nitrogens is 1. The zero-order chi connectivity index (χ0) is 13.8. The molecule has 0 radical (unpaired) electrons. The van der Waals surface area contributed by atoms with Crippen LogP contribution >= 0.6 is 11.8 Å². The van der Waals surface area contributed by atoms with E-state index in [4.69, 9.17) is 11.0 Å². The summed E-state index contributed by atoms with van der Waals surface area (Å²) in [5.74, 6) is 0.164. The van der Waals surface area contributed by atoms with E-state index in [1.54, 1.807) is 6.92 Å². The molecule has 0 amide bonds. The summed E-state index contributed by atoms with van der Waals surface area (Å²) in [5, 5.41) is 18.8. The van der Waals surface area contributed by atoms with Crippen LogP contribution in [0.15, 0.2) is 40.3 Å². The fourth-order valence-corrected chi connectivity index (χ4v) is 2.61. The largest absolute Gasteiger partial charge is 0.383 e. The van der Waals surface area contributed by atoms with E-state index in [0.717, 1.165) is 4.90 Å². The van der Waals surface area contributed by atoms with Gasteiger partial charge in [-0.3, -0.25) is 0 Å². The van der Waals surface area contributed by atoms with Crippen LogP contribution in [0.1, 0.15) is 16.7 Å². The molecule has 0 aliphatic heterocycles. The van der Waals surface area contributed by atoms with E-state index in [2.05, 4.69) is 11.1 Å². The number of nitrogens with zero attached hydrogens (tertiary/aromatic N) is 3. The minimum atomic E-state index is 0.164. The highest BCUT2D eigenvalue weighted by Crippen LogP contribution is 2.32. The standard InChI is InChI=1S/C14H10N4S/c1-9-11(7-15)13(17)18-14(12(9)8-16)19-10-5-3-2-4-6-10/h2-6H,1H3,(H2,17,18). The minimum absolute atomic E-state index is 0.164. The van der Waals surface area contributed by atoms with Gasteiger partial charge in [0.05, 0.1) is 11.1 Å². The molecular weight excluding hydrogens is 256 g/mol. The zero-order valence-electron chi connectivity index (χ0n) is 10.2. The second-order valence-corrected chi connectivity index (χ2v) is 4.88. The third-order valence-corrected chi connectivity index (χ3v) is 3.62. The van der Waals surface area contributed by atoms with Gasteiger partial charge in [-0.25, -0.2) is 4.98 Å². The molecule has 0 saturated carbocycles. The van der Waals surface area contributed by atoms with Gasteiger partial charge < -0.3 is 5.73 Å². The number of rotatable bonds is 2. The van der Waals surface area contributed by atoms with Crippen LogP contribution in [0.3, 0.4) is 0 Å². The first-order valence-electron chi connectivity index (χ1n) is 5.50. The third-order valence-electron chi connectivity index (χ3n) is 2.62. The normalized spacial score (nSPS) is 9.63. The lowest BCUT2D eigenvalue weighted by atomic mass is 10.1. The Hall–Kier alpha value is -2.50. The van der Waals surface area contributed by atoms with Gasteiger partial charge in [-0.15, -0.1) is 0 Å². The first kappa shape index (κ1) is 12.9. The second-order valence-electron chi connectivity index (χ2n) is 3.82. The Morgan fingerprint density at radius 1 is 1.11 bits per heavy atom. The Bertz CT molecular complexity index is 696. The van der Waals surface area contributed by atoms with Gasteiger partial charge in [-0.2, -0.15) is 10.5 Å². The predicted octanol–water partition coefficient (Wildman–Crippen LogP) is 2.87. The van der Waals surface area contributed by atoms with Crippen LogP contribution in [0.4, 0.5) is 5.82 Å². The molecule has 0 aliphatic rings. The van der Waals surface area contributed by atoms with Crippen LogP contribution in [0.2, 0.25) is 0 Å². The van der Waals surface area contributed by atoms with Crippen molar-refractivity contribution in [3.63, 3.8) is 0 Å². The van der Waals surface area contributed by atoms with Crippen molar-refractivity contribution in [2.24, 2.45) is 0 Å². The summed E-state index contributed by atoms with van der Waals surface area (Å²) >= 11 is 1.36. The third kappa shape index (κ3) is 2.52. The second kappa shape index (κ2) is 5.43. The van der Waals surface area contributed by atoms with Gasteiger partial charge >= 0.3 is 0 Å². The number of hydrogen-bond acceptors (Lipinski definition) is 5. The first-order chi connectivity index (χ1) is 9.17. The lowest BCUT2D eigenvalue weighted by Gasteiger charge is -2.09. The number of hydrogen-bond donors (Lipinski definition) is 1. The average Bonchev–Trinajstić information content (AvgIpc) is 2.40. The van der Waals surface area contributed by atoms with E-state index in [-0.39, 0.29) is 11.4 Å². The highest BCUT2D eigenvalue weighted by molar-refractivity contribution is 7.99. The van der Waals surface area contributed by atoms with E-state index < -0.39 is 0 Å². The van der Waals surface area contributed by atoms with Crippen LogP contribution in [0.5, 0.6) is 0 Å². The van der Waals surface area contributed by atoms with Crippen molar-refractivity contribution in [3.05, 3.63) is 47.0 Å². The minimum Gasteiger partial charge on any atom is -0.383 e. The number of nitrogen functional groups attached to an aromatic ring is 1. The molecule has 5 heteroatoms. The quantitative estimate of drug-likeness (QED) is 0.903. The lowest BCUT2D eigenvalue weighted by molar-refractivity contribution is 1.08. The lowest BCUT2D eigenvalue weighted by Crippen LogP contribution is -2.02. The molecule has 0 fully saturated rings. The number of nitriles is 2. The molecule has 2 N–H and O–H groups in total. The van der Waals surface area contributed by atoms with Crippen LogP contribution < -0.4 is 5.73 Å². The van der Waals surface area contributed by atoms with E-state index in [9.17, 15) is 5.26 Å². The molecule has 0 bridgehead atoms. The maximum atomic E-state index is 9.23. The Kier molecular flexibility index (Phi) is 3.70. The van der Waals surface area contributed by atoms with Crippen molar-refractivity contribution in [2.45, 2.75) is 16.8 Å². The fourth-order valence-electron chi connectivity index (χ4n) is 1.65. The highest BCUT2D eigenvalue weighted by atomic mass is 32.2. The molecule has 2 rings (SSSR count). The number of pyridine rings is 1. The van der Waals surface area contributed by atoms with Crippen molar-refractivity contribution in [1.82, 2.24) is 4.98 Å². The Labute approximate surface area is 115 Å². The molecule has 0 atom stereocenters. The average molecular weight is 266 g/mol. The van der Waals surface area contributed by atoms with Gasteiger partial charge in [0.1, 0.15) is 23.0 Å². The number of anilines is 1. The smallest absolute Gasteiger partial charge is 0.143 e. The molecule has 4 nitrogen and oxygen atoms in total. The summed E-state index contributed by atoms with van der Waals surface area (Å²) in [5.41, 5.74) is 7.01. The van der Waals surface area contributed by atoms with Crippen LogP contribution in [-0.2, 0) is 0 Å². The Balaban J connectivity index is 2.54. The van der Waals surface area contributed by atoms with E-state index in [0.29, 0.717) is 16.2 Å². The van der Waals surface area contributed by atoms with Gasteiger partial charge in [0.2, 0.25) is 0 Å². The topological polar surface area (TPSA) is 86.5 Å². The van der Waals surface area contributed by atoms with E-state index >= 15 is 0 Å². The van der Waals surface area contributed by atoms with Crippen LogP contribution in [-0.4, -0.2) is 4.98 Å². The van der Waals surface area contributed by atoms with E-state index in [1.807, 2.05) is 36.4 Å². The maximum Gasteiger partial charge on any atom is 0.143 e. The Morgan fingerprint density at radius 2 is 1.74 bits per heavy atom. The van der Waals surface area contributed by atoms with Crippen molar-refractivity contribution >= 4 is 17.6 Å². The molecule has 2 aromatic rings. The molecule has 1 aromatic heterocycles. The molecule has 1 heterocycles.